The van der Waals surface area contributed by atoms with Gasteiger partial charge in [-0.05, 0) is 6.42 Å². The van der Waals surface area contributed by atoms with Crippen molar-refractivity contribution < 1.29 is 23.8 Å². The van der Waals surface area contributed by atoms with E-state index in [1.807, 2.05) is 0 Å². The zero-order valence-corrected chi connectivity index (χ0v) is 20.9. The van der Waals surface area contributed by atoms with Crippen LogP contribution in [0.1, 0.15) is 107 Å². The molecule has 0 bridgehead atoms. The second-order valence-electron chi connectivity index (χ2n) is 8.65. The standard InChI is InChI=1S/C28H46O5/c1-2-3-4-5-6-7-8-9-10-11-12-13-14-18-21-31-22-23-32-24-25-33-28(30)27(29)26-19-16-15-17-20-26/h15-17,19-20H,2-14,18,21-25H2,1H3. The molecule has 0 saturated carbocycles. The van der Waals surface area contributed by atoms with Crippen molar-refractivity contribution in [2.24, 2.45) is 0 Å². The third-order valence-corrected chi connectivity index (χ3v) is 5.70. The van der Waals surface area contributed by atoms with Crippen LogP contribution in [-0.4, -0.2) is 44.8 Å². The molecule has 0 spiro atoms. The predicted octanol–water partition coefficient (Wildman–Crippen LogP) is 6.93. The van der Waals surface area contributed by atoms with Gasteiger partial charge in [-0.25, -0.2) is 4.79 Å². The summed E-state index contributed by atoms with van der Waals surface area (Å²) in [6.07, 6.45) is 18.9. The van der Waals surface area contributed by atoms with Crippen LogP contribution in [0.15, 0.2) is 30.3 Å². The second-order valence-corrected chi connectivity index (χ2v) is 8.65. The molecule has 1 aromatic rings. The van der Waals surface area contributed by atoms with Gasteiger partial charge < -0.3 is 14.2 Å². The highest BCUT2D eigenvalue weighted by atomic mass is 16.6. The molecule has 0 N–H and O–H groups in total. The molecule has 0 unspecified atom stereocenters. The van der Waals surface area contributed by atoms with Crippen LogP contribution in [-0.2, 0) is 19.0 Å². The van der Waals surface area contributed by atoms with Gasteiger partial charge >= 0.3 is 5.97 Å². The zero-order valence-electron chi connectivity index (χ0n) is 20.9. The van der Waals surface area contributed by atoms with Gasteiger partial charge in [0, 0.05) is 12.2 Å². The fourth-order valence-electron chi connectivity index (χ4n) is 3.69. The van der Waals surface area contributed by atoms with Gasteiger partial charge in [-0.1, -0.05) is 121 Å². The Kier molecular flexibility index (Phi) is 19.6. The van der Waals surface area contributed by atoms with Gasteiger partial charge in [0.1, 0.15) is 6.61 Å². The van der Waals surface area contributed by atoms with Crippen LogP contribution in [0.5, 0.6) is 0 Å². The monoisotopic (exact) mass is 462 g/mol. The van der Waals surface area contributed by atoms with Crippen molar-refractivity contribution in [2.75, 3.05) is 33.0 Å². The van der Waals surface area contributed by atoms with Crippen LogP contribution in [0.25, 0.3) is 0 Å². The maximum atomic E-state index is 11.8. The molecule has 188 valence electrons. The van der Waals surface area contributed by atoms with Gasteiger partial charge in [-0.2, -0.15) is 0 Å². The molecule has 1 rings (SSSR count). The van der Waals surface area contributed by atoms with Crippen LogP contribution in [0.3, 0.4) is 0 Å². The fraction of sp³-hybridized carbons (Fsp3) is 0.714. The number of Topliss-reactive ketones (excluding diaryl/α,β-unsaturated/α-hetero) is 1. The molecule has 0 amide bonds. The summed E-state index contributed by atoms with van der Waals surface area (Å²) in [6, 6.07) is 8.40. The summed E-state index contributed by atoms with van der Waals surface area (Å²) in [5.74, 6) is -1.48. The van der Waals surface area contributed by atoms with Gasteiger partial charge in [-0.15, -0.1) is 0 Å². The molecular weight excluding hydrogens is 416 g/mol. The summed E-state index contributed by atoms with van der Waals surface area (Å²) >= 11 is 0. The lowest BCUT2D eigenvalue weighted by atomic mass is 10.0. The SMILES string of the molecule is CCCCCCCCCCCCCCCCOCCOCCOC(=O)C(=O)c1ccccc1. The van der Waals surface area contributed by atoms with E-state index in [1.165, 1.54) is 83.5 Å². The summed E-state index contributed by atoms with van der Waals surface area (Å²) in [4.78, 5) is 23.5. The topological polar surface area (TPSA) is 61.8 Å². The number of ketones is 1. The number of carbonyl (C=O) groups excluding carboxylic acids is 2. The van der Waals surface area contributed by atoms with Crippen molar-refractivity contribution in [3.8, 4) is 0 Å². The highest BCUT2D eigenvalue weighted by Gasteiger charge is 2.16. The lowest BCUT2D eigenvalue weighted by molar-refractivity contribution is -0.139. The van der Waals surface area contributed by atoms with E-state index in [0.717, 1.165) is 13.0 Å². The molecule has 0 fully saturated rings. The third-order valence-electron chi connectivity index (χ3n) is 5.70. The first-order valence-corrected chi connectivity index (χ1v) is 13.2. The minimum atomic E-state index is -0.848. The van der Waals surface area contributed by atoms with E-state index in [-0.39, 0.29) is 13.2 Å². The number of carbonyl (C=O) groups is 2. The number of hydrogen-bond donors (Lipinski definition) is 0. The molecule has 33 heavy (non-hydrogen) atoms. The maximum Gasteiger partial charge on any atom is 0.379 e. The molecule has 0 aliphatic heterocycles. The Labute approximate surface area is 201 Å². The quantitative estimate of drug-likeness (QED) is 0.0764. The molecule has 0 aliphatic carbocycles. The summed E-state index contributed by atoms with van der Waals surface area (Å²) in [5, 5.41) is 0. The molecule has 0 saturated heterocycles. The lowest BCUT2D eigenvalue weighted by Gasteiger charge is -2.07. The van der Waals surface area contributed by atoms with E-state index in [1.54, 1.807) is 30.3 Å². The Bertz CT molecular complexity index is 587. The minimum Gasteiger partial charge on any atom is -0.457 e. The van der Waals surface area contributed by atoms with Crippen molar-refractivity contribution in [1.82, 2.24) is 0 Å². The maximum absolute atomic E-state index is 11.8. The number of esters is 1. The zero-order chi connectivity index (χ0) is 23.8. The molecule has 5 heteroatoms. The van der Waals surface area contributed by atoms with Crippen molar-refractivity contribution in [2.45, 2.75) is 96.8 Å². The van der Waals surface area contributed by atoms with E-state index in [9.17, 15) is 9.59 Å². The van der Waals surface area contributed by atoms with Gasteiger partial charge in [0.05, 0.1) is 19.8 Å². The summed E-state index contributed by atoms with van der Waals surface area (Å²) in [7, 11) is 0. The minimum absolute atomic E-state index is 0.0658. The largest absolute Gasteiger partial charge is 0.457 e. The fourth-order valence-corrected chi connectivity index (χ4v) is 3.69. The first-order valence-electron chi connectivity index (χ1n) is 13.2. The Hall–Kier alpha value is -1.72. The van der Waals surface area contributed by atoms with Crippen LogP contribution in [0.2, 0.25) is 0 Å². The first kappa shape index (κ1) is 29.3. The molecule has 0 aromatic heterocycles. The highest BCUT2D eigenvalue weighted by molar-refractivity contribution is 6.40. The normalized spacial score (nSPS) is 10.9. The van der Waals surface area contributed by atoms with Crippen LogP contribution in [0.4, 0.5) is 0 Å². The summed E-state index contributed by atoms with van der Waals surface area (Å²) < 4.78 is 15.9. The Morgan fingerprint density at radius 3 is 1.58 bits per heavy atom. The van der Waals surface area contributed by atoms with E-state index in [4.69, 9.17) is 14.2 Å². The number of unbranched alkanes of at least 4 members (excludes halogenated alkanes) is 13. The van der Waals surface area contributed by atoms with E-state index in [0.29, 0.717) is 18.8 Å². The highest BCUT2D eigenvalue weighted by Crippen LogP contribution is 2.13. The molecule has 0 radical (unpaired) electrons. The van der Waals surface area contributed by atoms with E-state index < -0.39 is 11.8 Å². The van der Waals surface area contributed by atoms with Gasteiger partial charge in [0.25, 0.3) is 5.78 Å². The summed E-state index contributed by atoms with van der Waals surface area (Å²) in [5.41, 5.74) is 0.334. The molecule has 5 nitrogen and oxygen atoms in total. The number of rotatable bonds is 23. The van der Waals surface area contributed by atoms with Gasteiger partial charge in [-0.3, -0.25) is 4.79 Å². The van der Waals surface area contributed by atoms with Gasteiger partial charge in [0.15, 0.2) is 0 Å². The first-order chi connectivity index (χ1) is 16.3. The van der Waals surface area contributed by atoms with E-state index >= 15 is 0 Å². The summed E-state index contributed by atoms with van der Waals surface area (Å²) in [6.45, 7) is 4.36. The van der Waals surface area contributed by atoms with Crippen molar-refractivity contribution in [3.05, 3.63) is 35.9 Å². The van der Waals surface area contributed by atoms with Crippen molar-refractivity contribution in [3.63, 3.8) is 0 Å². The lowest BCUT2D eigenvalue weighted by Crippen LogP contribution is -2.20. The Morgan fingerprint density at radius 2 is 1.03 bits per heavy atom. The van der Waals surface area contributed by atoms with Crippen LogP contribution >= 0.6 is 0 Å². The Morgan fingerprint density at radius 1 is 0.576 bits per heavy atom. The Balaban J connectivity index is 1.75. The van der Waals surface area contributed by atoms with Gasteiger partial charge in [0.2, 0.25) is 0 Å². The average molecular weight is 463 g/mol. The third kappa shape index (κ3) is 17.4. The van der Waals surface area contributed by atoms with Crippen molar-refractivity contribution >= 4 is 11.8 Å². The van der Waals surface area contributed by atoms with Crippen LogP contribution in [0, 0.1) is 0 Å². The number of ether oxygens (including phenoxy) is 3. The van der Waals surface area contributed by atoms with Crippen molar-refractivity contribution in [1.29, 1.82) is 0 Å². The number of benzene rings is 1. The second kappa shape index (κ2) is 22.1. The van der Waals surface area contributed by atoms with E-state index in [2.05, 4.69) is 6.92 Å². The average Bonchev–Trinajstić information content (AvgIpc) is 2.85. The molecule has 0 atom stereocenters. The molecule has 0 aliphatic rings. The van der Waals surface area contributed by atoms with Crippen LogP contribution < -0.4 is 0 Å². The molecule has 1 aromatic carbocycles. The smallest absolute Gasteiger partial charge is 0.379 e. The predicted molar refractivity (Wildman–Crippen MR) is 134 cm³/mol. The molecule has 0 heterocycles. The molecular formula is C28H46O5. The number of hydrogen-bond acceptors (Lipinski definition) is 5.